The van der Waals surface area contributed by atoms with E-state index in [4.69, 9.17) is 10.5 Å². The number of H-pyrrole nitrogens is 1. The van der Waals surface area contributed by atoms with Crippen molar-refractivity contribution < 1.29 is 18.3 Å². The molecular formula is C25H27F2N5O3. The summed E-state index contributed by atoms with van der Waals surface area (Å²) in [6, 6.07) is 13.3. The highest BCUT2D eigenvalue weighted by Gasteiger charge is 2.46. The number of nitrogens with one attached hydrogen (secondary N) is 2. The Hall–Kier alpha value is -3.63. The summed E-state index contributed by atoms with van der Waals surface area (Å²) in [6.07, 6.45) is 2.39. The second-order valence-electron chi connectivity index (χ2n) is 8.51. The zero-order valence-electron chi connectivity index (χ0n) is 19.2. The molecule has 0 radical (unpaired) electrons. The predicted octanol–water partition coefficient (Wildman–Crippen LogP) is 3.47. The van der Waals surface area contributed by atoms with Crippen LogP contribution in [0.1, 0.15) is 30.4 Å². The van der Waals surface area contributed by atoms with Gasteiger partial charge in [-0.05, 0) is 42.8 Å². The van der Waals surface area contributed by atoms with Crippen molar-refractivity contribution >= 4 is 11.7 Å². The molecule has 3 heterocycles. The van der Waals surface area contributed by atoms with Crippen LogP contribution in [-0.2, 0) is 11.3 Å². The zero-order chi connectivity index (χ0) is 25.0. The summed E-state index contributed by atoms with van der Waals surface area (Å²) < 4.78 is 35.3. The molecule has 0 aliphatic carbocycles. The average Bonchev–Trinajstić information content (AvgIpc) is 2.86. The van der Waals surface area contributed by atoms with E-state index in [0.717, 1.165) is 0 Å². The maximum Gasteiger partial charge on any atom is 0.257 e. The number of carbonyl (C=O) groups is 1. The van der Waals surface area contributed by atoms with Crippen LogP contribution in [0.2, 0.25) is 0 Å². The molecule has 35 heavy (non-hydrogen) atoms. The van der Waals surface area contributed by atoms with Crippen LogP contribution in [0.5, 0.6) is 11.5 Å². The number of benzene rings is 1. The molecule has 4 rings (SSSR count). The van der Waals surface area contributed by atoms with E-state index >= 15 is 0 Å². The van der Waals surface area contributed by atoms with E-state index in [1.165, 1.54) is 18.5 Å². The third kappa shape index (κ3) is 5.72. The van der Waals surface area contributed by atoms with Crippen LogP contribution < -0.4 is 21.3 Å². The minimum Gasteiger partial charge on any atom is -0.456 e. The standard InChI is InChI=1S/C25H27F2N5O3/c1-16(23(33)31-22-8-7-20(14-29-22)35-19-5-3-2-4-6-19)32-10-9-25(26,27)21(15-32)18-11-17(12-28)24(34)30-13-18/h2-8,11,13-14,16,21H,9-10,12,15,28H2,1H3,(H,30,34)(H,29,31,33). The average molecular weight is 484 g/mol. The van der Waals surface area contributed by atoms with Crippen LogP contribution in [0.15, 0.2) is 65.7 Å². The number of pyridine rings is 2. The molecule has 1 aromatic carbocycles. The maximum absolute atomic E-state index is 14.8. The van der Waals surface area contributed by atoms with Crippen molar-refractivity contribution in [3.8, 4) is 11.5 Å². The molecule has 1 saturated heterocycles. The van der Waals surface area contributed by atoms with E-state index in [1.807, 2.05) is 30.3 Å². The molecule has 1 amide bonds. The Morgan fingerprint density at radius 1 is 1.29 bits per heavy atom. The third-order valence-corrected chi connectivity index (χ3v) is 6.18. The third-order valence-electron chi connectivity index (χ3n) is 6.18. The van der Waals surface area contributed by atoms with E-state index < -0.39 is 29.9 Å². The number of anilines is 1. The van der Waals surface area contributed by atoms with Crippen molar-refractivity contribution in [1.29, 1.82) is 0 Å². The van der Waals surface area contributed by atoms with Crippen LogP contribution >= 0.6 is 0 Å². The minimum atomic E-state index is -2.98. The molecule has 10 heteroatoms. The molecule has 0 spiro atoms. The first-order chi connectivity index (χ1) is 16.8. The summed E-state index contributed by atoms with van der Waals surface area (Å²) in [7, 11) is 0. The Bertz CT molecular complexity index is 1220. The second kappa shape index (κ2) is 10.3. The number of nitrogens with zero attached hydrogens (tertiary/aromatic N) is 2. The van der Waals surface area contributed by atoms with Crippen molar-refractivity contribution in [2.75, 3.05) is 18.4 Å². The summed E-state index contributed by atoms with van der Waals surface area (Å²) in [5.74, 6) is -3.01. The Balaban J connectivity index is 1.41. The van der Waals surface area contributed by atoms with E-state index in [0.29, 0.717) is 22.9 Å². The fraction of sp³-hybridized carbons (Fsp3) is 0.320. The maximum atomic E-state index is 14.8. The quantitative estimate of drug-likeness (QED) is 0.474. The van der Waals surface area contributed by atoms with Gasteiger partial charge >= 0.3 is 0 Å². The van der Waals surface area contributed by atoms with Gasteiger partial charge in [0.15, 0.2) is 0 Å². The van der Waals surface area contributed by atoms with Gasteiger partial charge in [0.05, 0.1) is 18.2 Å². The molecular weight excluding hydrogens is 456 g/mol. The fourth-order valence-corrected chi connectivity index (χ4v) is 4.07. The van der Waals surface area contributed by atoms with Gasteiger partial charge in [0.25, 0.3) is 11.5 Å². The SMILES string of the molecule is CC(C(=O)Nc1ccc(Oc2ccccc2)cn1)N1CCC(F)(F)C(c2c[nH]c(=O)c(CN)c2)C1. The van der Waals surface area contributed by atoms with Gasteiger partial charge in [0, 0.05) is 37.8 Å². The minimum absolute atomic E-state index is 0.0467. The van der Waals surface area contributed by atoms with Crippen molar-refractivity contribution in [2.24, 2.45) is 5.73 Å². The first kappa shape index (κ1) is 24.5. The highest BCUT2D eigenvalue weighted by molar-refractivity contribution is 5.93. The largest absolute Gasteiger partial charge is 0.456 e. The molecule has 3 aromatic rings. The number of hydrogen-bond donors (Lipinski definition) is 3. The molecule has 1 aliphatic rings. The Morgan fingerprint density at radius 2 is 2.06 bits per heavy atom. The van der Waals surface area contributed by atoms with Gasteiger partial charge in [-0.2, -0.15) is 0 Å². The first-order valence-electron chi connectivity index (χ1n) is 11.3. The first-order valence-corrected chi connectivity index (χ1v) is 11.3. The summed E-state index contributed by atoms with van der Waals surface area (Å²) in [5, 5.41) is 2.73. The van der Waals surface area contributed by atoms with Crippen LogP contribution in [0.4, 0.5) is 14.6 Å². The molecule has 2 unspecified atom stereocenters. The summed E-state index contributed by atoms with van der Waals surface area (Å²) in [4.78, 5) is 33.1. The van der Waals surface area contributed by atoms with Gasteiger partial charge < -0.3 is 20.8 Å². The predicted molar refractivity (Wildman–Crippen MR) is 128 cm³/mol. The highest BCUT2D eigenvalue weighted by Crippen LogP contribution is 2.40. The second-order valence-corrected chi connectivity index (χ2v) is 8.51. The Morgan fingerprint density at radius 3 is 2.74 bits per heavy atom. The Labute approximate surface area is 201 Å². The molecule has 8 nitrogen and oxygen atoms in total. The normalized spacial score (nSPS) is 18.6. The zero-order valence-corrected chi connectivity index (χ0v) is 19.2. The van der Waals surface area contributed by atoms with Gasteiger partial charge in [0.1, 0.15) is 17.3 Å². The lowest BCUT2D eigenvalue weighted by atomic mass is 9.86. The number of likely N-dealkylation sites (tertiary alicyclic amines) is 1. The number of amides is 1. The Kier molecular flexibility index (Phi) is 7.23. The molecule has 2 atom stereocenters. The molecule has 0 saturated carbocycles. The van der Waals surface area contributed by atoms with Crippen LogP contribution in [0.3, 0.4) is 0 Å². The van der Waals surface area contributed by atoms with Crippen LogP contribution in [0.25, 0.3) is 0 Å². The van der Waals surface area contributed by atoms with Gasteiger partial charge in [-0.3, -0.25) is 14.5 Å². The van der Waals surface area contributed by atoms with Crippen molar-refractivity contribution in [3.63, 3.8) is 0 Å². The van der Waals surface area contributed by atoms with Gasteiger partial charge in [-0.25, -0.2) is 13.8 Å². The molecule has 1 aliphatic heterocycles. The number of halogens is 2. The molecule has 4 N–H and O–H groups in total. The van der Waals surface area contributed by atoms with Crippen molar-refractivity contribution in [3.05, 3.63) is 82.4 Å². The number of alkyl halides is 2. The topological polar surface area (TPSA) is 113 Å². The number of ether oxygens (including phenoxy) is 1. The highest BCUT2D eigenvalue weighted by atomic mass is 19.3. The lowest BCUT2D eigenvalue weighted by Gasteiger charge is -2.40. The monoisotopic (exact) mass is 483 g/mol. The van der Waals surface area contributed by atoms with Crippen LogP contribution in [-0.4, -0.2) is 45.8 Å². The number of hydrogen-bond acceptors (Lipinski definition) is 6. The van der Waals surface area contributed by atoms with E-state index in [1.54, 1.807) is 24.0 Å². The number of piperidine rings is 1. The summed E-state index contributed by atoms with van der Waals surface area (Å²) >= 11 is 0. The summed E-state index contributed by atoms with van der Waals surface area (Å²) in [5.41, 5.74) is 5.71. The fourth-order valence-electron chi connectivity index (χ4n) is 4.07. The molecule has 184 valence electrons. The number of nitrogens with two attached hydrogens (primary N) is 1. The number of rotatable bonds is 7. The molecule has 0 bridgehead atoms. The van der Waals surface area contributed by atoms with E-state index in [2.05, 4.69) is 15.3 Å². The van der Waals surface area contributed by atoms with E-state index in [-0.39, 0.29) is 31.1 Å². The lowest BCUT2D eigenvalue weighted by molar-refractivity contribution is -0.125. The van der Waals surface area contributed by atoms with E-state index in [9.17, 15) is 18.4 Å². The van der Waals surface area contributed by atoms with Crippen molar-refractivity contribution in [2.45, 2.75) is 37.8 Å². The molecule has 1 fully saturated rings. The van der Waals surface area contributed by atoms with Crippen LogP contribution in [0, 0.1) is 0 Å². The number of aromatic nitrogens is 2. The van der Waals surface area contributed by atoms with Gasteiger partial charge in [-0.15, -0.1) is 0 Å². The van der Waals surface area contributed by atoms with Crippen molar-refractivity contribution in [1.82, 2.24) is 14.9 Å². The number of para-hydroxylation sites is 1. The van der Waals surface area contributed by atoms with Gasteiger partial charge in [-0.1, -0.05) is 18.2 Å². The number of carbonyl (C=O) groups excluding carboxylic acids is 1. The smallest absolute Gasteiger partial charge is 0.257 e. The lowest BCUT2D eigenvalue weighted by Crippen LogP contribution is -2.52. The summed E-state index contributed by atoms with van der Waals surface area (Å²) in [6.45, 7) is 1.63. The molecule has 2 aromatic heterocycles. The van der Waals surface area contributed by atoms with Gasteiger partial charge in [0.2, 0.25) is 5.91 Å². The number of aromatic amines is 1.